The van der Waals surface area contributed by atoms with Gasteiger partial charge in [0.15, 0.2) is 0 Å². The van der Waals surface area contributed by atoms with Crippen molar-refractivity contribution in [3.05, 3.63) is 60.2 Å². The molecule has 1 aliphatic heterocycles. The molecule has 1 unspecified atom stereocenters. The van der Waals surface area contributed by atoms with Crippen molar-refractivity contribution in [2.24, 2.45) is 0 Å². The molecular weight excluding hydrogens is 248 g/mol. The second-order valence-corrected chi connectivity index (χ2v) is 5.18. The summed E-state index contributed by atoms with van der Waals surface area (Å²) in [6, 6.07) is 18.7. The third-order valence-corrected chi connectivity index (χ3v) is 3.75. The second-order valence-electron chi connectivity index (χ2n) is 5.18. The summed E-state index contributed by atoms with van der Waals surface area (Å²) in [6.07, 6.45) is 0. The zero-order chi connectivity index (χ0) is 13.8. The molecule has 0 amide bonds. The van der Waals surface area contributed by atoms with Crippen molar-refractivity contribution >= 4 is 0 Å². The Morgan fingerprint density at radius 1 is 1.00 bits per heavy atom. The first-order valence-corrected chi connectivity index (χ1v) is 7.07. The maximum Gasteiger partial charge on any atom is 0.127 e. The summed E-state index contributed by atoms with van der Waals surface area (Å²) in [4.78, 5) is 2.39. The van der Waals surface area contributed by atoms with Crippen LogP contribution in [0.1, 0.15) is 11.6 Å². The highest BCUT2D eigenvalue weighted by Crippen LogP contribution is 2.25. The molecule has 1 fully saturated rings. The van der Waals surface area contributed by atoms with E-state index < -0.39 is 0 Å². The molecule has 0 aromatic heterocycles. The quantitative estimate of drug-likeness (QED) is 0.926. The van der Waals surface area contributed by atoms with Gasteiger partial charge >= 0.3 is 0 Å². The van der Waals surface area contributed by atoms with E-state index >= 15 is 0 Å². The van der Waals surface area contributed by atoms with E-state index in [1.807, 2.05) is 42.5 Å². The molecule has 0 spiro atoms. The normalized spacial score (nSPS) is 19.8. The lowest BCUT2D eigenvalue weighted by atomic mass is 10.0. The number of piperazine rings is 1. The van der Waals surface area contributed by atoms with Crippen LogP contribution in [-0.4, -0.2) is 31.6 Å². The highest BCUT2D eigenvalue weighted by Gasteiger charge is 2.19. The van der Waals surface area contributed by atoms with Crippen molar-refractivity contribution in [2.45, 2.75) is 6.04 Å². The minimum absolute atomic E-state index is 0.453. The highest BCUT2D eigenvalue weighted by molar-refractivity contribution is 5.34. The van der Waals surface area contributed by atoms with Crippen LogP contribution in [0.4, 0.5) is 0 Å². The lowest BCUT2D eigenvalue weighted by Crippen LogP contribution is -2.43. The molecule has 1 atom stereocenters. The molecule has 3 nitrogen and oxygen atoms in total. The average molecular weight is 268 g/mol. The number of hydrogen-bond donors (Lipinski definition) is 1. The number of likely N-dealkylation sites (N-methyl/N-ethyl adjacent to an activating group) is 1. The van der Waals surface area contributed by atoms with Gasteiger partial charge in [-0.15, -0.1) is 0 Å². The van der Waals surface area contributed by atoms with Crippen LogP contribution < -0.4 is 10.1 Å². The van der Waals surface area contributed by atoms with Gasteiger partial charge in [-0.2, -0.15) is 0 Å². The van der Waals surface area contributed by atoms with Gasteiger partial charge in [0.25, 0.3) is 0 Å². The summed E-state index contributed by atoms with van der Waals surface area (Å²) in [7, 11) is 2.18. The molecule has 2 aromatic rings. The van der Waals surface area contributed by atoms with Crippen LogP contribution in [0.25, 0.3) is 0 Å². The average Bonchev–Trinajstić information content (AvgIpc) is 2.50. The molecule has 3 heteroatoms. The lowest BCUT2D eigenvalue weighted by molar-refractivity contribution is 0.202. The minimum Gasteiger partial charge on any atom is -0.457 e. The molecule has 2 aromatic carbocycles. The predicted molar refractivity (Wildman–Crippen MR) is 81.2 cm³/mol. The Morgan fingerprint density at radius 2 is 1.70 bits per heavy atom. The summed E-state index contributed by atoms with van der Waals surface area (Å²) in [5.41, 5.74) is 1.33. The van der Waals surface area contributed by atoms with Crippen LogP contribution in [0.2, 0.25) is 0 Å². The lowest BCUT2D eigenvalue weighted by Gasteiger charge is -2.33. The molecule has 20 heavy (non-hydrogen) atoms. The Morgan fingerprint density at radius 3 is 2.40 bits per heavy atom. The van der Waals surface area contributed by atoms with Crippen molar-refractivity contribution < 1.29 is 4.74 Å². The number of ether oxygens (including phenoxy) is 1. The number of benzene rings is 2. The third kappa shape index (κ3) is 3.00. The van der Waals surface area contributed by atoms with Crippen LogP contribution in [-0.2, 0) is 0 Å². The van der Waals surface area contributed by atoms with Crippen LogP contribution in [0, 0.1) is 0 Å². The van der Waals surface area contributed by atoms with Crippen molar-refractivity contribution in [3.8, 4) is 11.5 Å². The monoisotopic (exact) mass is 268 g/mol. The number of nitrogens with zero attached hydrogens (tertiary/aromatic N) is 1. The summed E-state index contributed by atoms with van der Waals surface area (Å²) >= 11 is 0. The Kier molecular flexibility index (Phi) is 4.00. The number of para-hydroxylation sites is 1. The first-order valence-electron chi connectivity index (χ1n) is 7.07. The molecular formula is C17H20N2O. The fourth-order valence-electron chi connectivity index (χ4n) is 2.56. The predicted octanol–water partition coefficient (Wildman–Crippen LogP) is 3.06. The first kappa shape index (κ1) is 13.2. The van der Waals surface area contributed by atoms with Crippen molar-refractivity contribution in [2.75, 3.05) is 26.7 Å². The molecule has 0 radical (unpaired) electrons. The van der Waals surface area contributed by atoms with Crippen LogP contribution in [0.3, 0.4) is 0 Å². The van der Waals surface area contributed by atoms with E-state index in [1.54, 1.807) is 0 Å². The molecule has 3 rings (SSSR count). The molecule has 1 saturated heterocycles. The van der Waals surface area contributed by atoms with E-state index in [-0.39, 0.29) is 0 Å². The van der Waals surface area contributed by atoms with E-state index in [0.717, 1.165) is 31.1 Å². The van der Waals surface area contributed by atoms with Crippen LogP contribution >= 0.6 is 0 Å². The van der Waals surface area contributed by atoms with E-state index in [4.69, 9.17) is 4.74 Å². The summed E-state index contributed by atoms with van der Waals surface area (Å²) in [5.74, 6) is 1.75. The Hall–Kier alpha value is -1.84. The number of hydrogen-bond acceptors (Lipinski definition) is 3. The van der Waals surface area contributed by atoms with Gasteiger partial charge in [0.2, 0.25) is 0 Å². The maximum atomic E-state index is 5.82. The van der Waals surface area contributed by atoms with E-state index in [1.165, 1.54) is 5.56 Å². The van der Waals surface area contributed by atoms with Crippen molar-refractivity contribution in [3.63, 3.8) is 0 Å². The minimum atomic E-state index is 0.453. The van der Waals surface area contributed by atoms with E-state index in [0.29, 0.717) is 6.04 Å². The van der Waals surface area contributed by atoms with Gasteiger partial charge in [-0.05, 0) is 36.9 Å². The smallest absolute Gasteiger partial charge is 0.127 e. The molecule has 0 saturated carbocycles. The molecule has 1 N–H and O–H groups in total. The summed E-state index contributed by atoms with van der Waals surface area (Å²) in [6.45, 7) is 3.17. The van der Waals surface area contributed by atoms with Crippen LogP contribution in [0.15, 0.2) is 54.6 Å². The van der Waals surface area contributed by atoms with E-state index in [2.05, 4.69) is 29.4 Å². The SMILES string of the molecule is CN1CCNCC1c1ccc(Oc2ccccc2)cc1. The van der Waals surface area contributed by atoms with Crippen molar-refractivity contribution in [1.29, 1.82) is 0 Å². The second kappa shape index (κ2) is 6.07. The van der Waals surface area contributed by atoms with Crippen molar-refractivity contribution in [1.82, 2.24) is 10.2 Å². The zero-order valence-corrected chi connectivity index (χ0v) is 11.8. The maximum absolute atomic E-state index is 5.82. The summed E-state index contributed by atoms with van der Waals surface area (Å²) in [5, 5.41) is 3.45. The Balaban J connectivity index is 1.71. The van der Waals surface area contributed by atoms with Crippen LogP contribution in [0.5, 0.6) is 11.5 Å². The van der Waals surface area contributed by atoms with Gasteiger partial charge in [0.05, 0.1) is 0 Å². The number of rotatable bonds is 3. The fraction of sp³-hybridized carbons (Fsp3) is 0.294. The Bertz CT molecular complexity index is 539. The summed E-state index contributed by atoms with van der Waals surface area (Å²) < 4.78 is 5.82. The van der Waals surface area contributed by atoms with Gasteiger partial charge in [0, 0.05) is 25.7 Å². The molecule has 1 aliphatic rings. The van der Waals surface area contributed by atoms with Gasteiger partial charge in [-0.3, -0.25) is 4.90 Å². The first-order chi connectivity index (χ1) is 9.83. The van der Waals surface area contributed by atoms with Gasteiger partial charge < -0.3 is 10.1 Å². The molecule has 104 valence electrons. The standard InChI is InChI=1S/C17H20N2O/c1-19-12-11-18-13-17(19)14-7-9-16(10-8-14)20-15-5-3-2-4-6-15/h2-10,17-18H,11-13H2,1H3. The third-order valence-electron chi connectivity index (χ3n) is 3.75. The Labute approximate surface area is 120 Å². The number of nitrogens with one attached hydrogen (secondary N) is 1. The molecule has 0 bridgehead atoms. The largest absolute Gasteiger partial charge is 0.457 e. The fourth-order valence-corrected chi connectivity index (χ4v) is 2.56. The van der Waals surface area contributed by atoms with Gasteiger partial charge in [-0.1, -0.05) is 30.3 Å². The molecule has 1 heterocycles. The topological polar surface area (TPSA) is 24.5 Å². The van der Waals surface area contributed by atoms with E-state index in [9.17, 15) is 0 Å². The highest BCUT2D eigenvalue weighted by atomic mass is 16.5. The van der Waals surface area contributed by atoms with Gasteiger partial charge in [-0.25, -0.2) is 0 Å². The zero-order valence-electron chi connectivity index (χ0n) is 11.8. The molecule has 0 aliphatic carbocycles. The van der Waals surface area contributed by atoms with Gasteiger partial charge in [0.1, 0.15) is 11.5 Å².